The van der Waals surface area contributed by atoms with E-state index in [2.05, 4.69) is 41.4 Å². The molecule has 0 saturated heterocycles. The molecule has 3 aromatic rings. The fourth-order valence-electron chi connectivity index (χ4n) is 2.83. The molecule has 1 aromatic heterocycles. The highest BCUT2D eigenvalue weighted by molar-refractivity contribution is 5.67. The van der Waals surface area contributed by atoms with E-state index < -0.39 is 0 Å². The molecule has 3 nitrogen and oxygen atoms in total. The van der Waals surface area contributed by atoms with Gasteiger partial charge in [0.2, 0.25) is 0 Å². The quantitative estimate of drug-likeness (QED) is 0.736. The molecule has 1 heterocycles. The predicted octanol–water partition coefficient (Wildman–Crippen LogP) is 3.91. The van der Waals surface area contributed by atoms with Crippen molar-refractivity contribution in [2.75, 3.05) is 0 Å². The SMILES string of the molecule is CCCc1[nH][nH]c(=O)c1Cc1ccccc1-c1ccccc1. The first kappa shape index (κ1) is 14.4. The lowest BCUT2D eigenvalue weighted by molar-refractivity contribution is 0.856. The maximum atomic E-state index is 12.1. The Morgan fingerprint density at radius 3 is 2.41 bits per heavy atom. The topological polar surface area (TPSA) is 48.6 Å². The van der Waals surface area contributed by atoms with Crippen molar-refractivity contribution in [3.63, 3.8) is 0 Å². The summed E-state index contributed by atoms with van der Waals surface area (Å²) in [7, 11) is 0. The smallest absolute Gasteiger partial charge is 0.267 e. The van der Waals surface area contributed by atoms with Crippen LogP contribution >= 0.6 is 0 Å². The molecule has 2 N–H and O–H groups in total. The number of H-pyrrole nitrogens is 2. The number of rotatable bonds is 5. The van der Waals surface area contributed by atoms with Gasteiger partial charge in [0.25, 0.3) is 5.56 Å². The summed E-state index contributed by atoms with van der Waals surface area (Å²) in [4.78, 5) is 12.1. The summed E-state index contributed by atoms with van der Waals surface area (Å²) in [6.45, 7) is 2.12. The van der Waals surface area contributed by atoms with Crippen LogP contribution in [0, 0.1) is 0 Å². The average Bonchev–Trinajstić information content (AvgIpc) is 2.90. The number of benzene rings is 2. The van der Waals surface area contributed by atoms with Gasteiger partial charge in [-0.2, -0.15) is 0 Å². The maximum Gasteiger partial charge on any atom is 0.267 e. The fourth-order valence-corrected chi connectivity index (χ4v) is 2.83. The van der Waals surface area contributed by atoms with E-state index in [1.54, 1.807) is 0 Å². The van der Waals surface area contributed by atoms with Crippen LogP contribution in [0.15, 0.2) is 59.4 Å². The summed E-state index contributed by atoms with van der Waals surface area (Å²) in [5.74, 6) is 0. The van der Waals surface area contributed by atoms with E-state index in [-0.39, 0.29) is 5.56 Å². The summed E-state index contributed by atoms with van der Waals surface area (Å²) >= 11 is 0. The van der Waals surface area contributed by atoms with E-state index in [1.165, 1.54) is 16.7 Å². The Labute approximate surface area is 130 Å². The van der Waals surface area contributed by atoms with Gasteiger partial charge in [0.05, 0.1) is 0 Å². The molecule has 112 valence electrons. The molecule has 0 atom stereocenters. The first-order chi connectivity index (χ1) is 10.8. The molecule has 0 aliphatic carbocycles. The third kappa shape index (κ3) is 2.89. The van der Waals surface area contributed by atoms with Crippen molar-refractivity contribution in [3.05, 3.63) is 81.8 Å². The van der Waals surface area contributed by atoms with Crippen molar-refractivity contribution in [1.82, 2.24) is 10.2 Å². The van der Waals surface area contributed by atoms with Crippen LogP contribution < -0.4 is 5.56 Å². The molecule has 0 spiro atoms. The molecule has 22 heavy (non-hydrogen) atoms. The lowest BCUT2D eigenvalue weighted by Gasteiger charge is -2.09. The monoisotopic (exact) mass is 292 g/mol. The van der Waals surface area contributed by atoms with Crippen LogP contribution in [-0.2, 0) is 12.8 Å². The zero-order chi connectivity index (χ0) is 15.4. The Bertz CT molecular complexity index is 800. The van der Waals surface area contributed by atoms with Crippen molar-refractivity contribution >= 4 is 0 Å². The first-order valence-corrected chi connectivity index (χ1v) is 7.71. The number of nitrogens with one attached hydrogen (secondary N) is 2. The molecular weight excluding hydrogens is 272 g/mol. The highest BCUT2D eigenvalue weighted by atomic mass is 16.1. The van der Waals surface area contributed by atoms with Gasteiger partial charge < -0.3 is 5.10 Å². The van der Waals surface area contributed by atoms with E-state index in [1.807, 2.05) is 30.3 Å². The molecule has 0 bridgehead atoms. The minimum Gasteiger partial charge on any atom is -0.302 e. The maximum absolute atomic E-state index is 12.1. The highest BCUT2D eigenvalue weighted by Crippen LogP contribution is 2.25. The number of aromatic amines is 2. The standard InChI is InChI=1S/C19H20N2O/c1-2-8-18-17(19(22)21-20-18)13-15-11-6-7-12-16(15)14-9-4-3-5-10-14/h3-7,9-12H,2,8,13H2,1H3,(H2,20,21,22). The van der Waals surface area contributed by atoms with Crippen LogP contribution in [-0.4, -0.2) is 10.2 Å². The molecule has 0 unspecified atom stereocenters. The first-order valence-electron chi connectivity index (χ1n) is 7.71. The average molecular weight is 292 g/mol. The van der Waals surface area contributed by atoms with Crippen molar-refractivity contribution < 1.29 is 0 Å². The van der Waals surface area contributed by atoms with Gasteiger partial charge in [-0.1, -0.05) is 67.9 Å². The van der Waals surface area contributed by atoms with Crippen LogP contribution in [0.5, 0.6) is 0 Å². The summed E-state index contributed by atoms with van der Waals surface area (Å²) in [6, 6.07) is 18.6. The van der Waals surface area contributed by atoms with Crippen LogP contribution in [0.1, 0.15) is 30.2 Å². The second-order valence-electron chi connectivity index (χ2n) is 5.49. The summed E-state index contributed by atoms with van der Waals surface area (Å²) < 4.78 is 0. The van der Waals surface area contributed by atoms with Gasteiger partial charge in [-0.25, -0.2) is 0 Å². The van der Waals surface area contributed by atoms with Gasteiger partial charge in [-0.05, 0) is 23.1 Å². The van der Waals surface area contributed by atoms with Gasteiger partial charge in [0.15, 0.2) is 0 Å². The Hall–Kier alpha value is -2.55. The van der Waals surface area contributed by atoms with E-state index >= 15 is 0 Å². The molecule has 0 aliphatic rings. The molecular formula is C19H20N2O. The highest BCUT2D eigenvalue weighted by Gasteiger charge is 2.12. The van der Waals surface area contributed by atoms with Gasteiger partial charge >= 0.3 is 0 Å². The fraction of sp³-hybridized carbons (Fsp3) is 0.211. The molecule has 2 aromatic carbocycles. The normalized spacial score (nSPS) is 10.8. The summed E-state index contributed by atoms with van der Waals surface area (Å²) in [6.07, 6.45) is 2.56. The van der Waals surface area contributed by atoms with E-state index in [0.29, 0.717) is 6.42 Å². The Morgan fingerprint density at radius 2 is 1.64 bits per heavy atom. The third-order valence-electron chi connectivity index (χ3n) is 3.93. The molecule has 0 saturated carbocycles. The predicted molar refractivity (Wildman–Crippen MR) is 90.1 cm³/mol. The van der Waals surface area contributed by atoms with Crippen molar-refractivity contribution in [1.29, 1.82) is 0 Å². The minimum atomic E-state index is -0.00804. The van der Waals surface area contributed by atoms with E-state index in [0.717, 1.165) is 24.1 Å². The number of aryl methyl sites for hydroxylation is 1. The summed E-state index contributed by atoms with van der Waals surface area (Å²) in [5, 5.41) is 5.74. The number of hydrogen-bond acceptors (Lipinski definition) is 1. The molecule has 0 fully saturated rings. The van der Waals surface area contributed by atoms with Gasteiger partial charge in [0.1, 0.15) is 0 Å². The van der Waals surface area contributed by atoms with Crippen LogP contribution in [0.2, 0.25) is 0 Å². The second kappa shape index (κ2) is 6.48. The largest absolute Gasteiger partial charge is 0.302 e. The summed E-state index contributed by atoms with van der Waals surface area (Å²) in [5.41, 5.74) is 5.41. The van der Waals surface area contributed by atoms with Crippen molar-refractivity contribution in [2.45, 2.75) is 26.2 Å². The van der Waals surface area contributed by atoms with Crippen LogP contribution in [0.25, 0.3) is 11.1 Å². The van der Waals surface area contributed by atoms with Crippen LogP contribution in [0.3, 0.4) is 0 Å². The van der Waals surface area contributed by atoms with Gasteiger partial charge in [-0.3, -0.25) is 9.89 Å². The molecule has 3 rings (SSSR count). The van der Waals surface area contributed by atoms with Crippen molar-refractivity contribution in [2.24, 2.45) is 0 Å². The zero-order valence-corrected chi connectivity index (χ0v) is 12.7. The zero-order valence-electron chi connectivity index (χ0n) is 12.7. The number of aromatic nitrogens is 2. The molecule has 3 heteroatoms. The van der Waals surface area contributed by atoms with Gasteiger partial charge in [0, 0.05) is 17.7 Å². The van der Waals surface area contributed by atoms with Crippen molar-refractivity contribution in [3.8, 4) is 11.1 Å². The molecule has 0 radical (unpaired) electrons. The Morgan fingerprint density at radius 1 is 0.909 bits per heavy atom. The lowest BCUT2D eigenvalue weighted by Crippen LogP contribution is -2.08. The van der Waals surface area contributed by atoms with Crippen LogP contribution in [0.4, 0.5) is 0 Å². The third-order valence-corrected chi connectivity index (χ3v) is 3.93. The van der Waals surface area contributed by atoms with E-state index in [4.69, 9.17) is 0 Å². The molecule has 0 aliphatic heterocycles. The second-order valence-corrected chi connectivity index (χ2v) is 5.49. The van der Waals surface area contributed by atoms with Gasteiger partial charge in [-0.15, -0.1) is 0 Å². The van der Waals surface area contributed by atoms with E-state index in [9.17, 15) is 4.79 Å². The Kier molecular flexibility index (Phi) is 4.24. The molecule has 0 amide bonds. The Balaban J connectivity index is 2.01. The minimum absolute atomic E-state index is 0.00804. The number of hydrogen-bond donors (Lipinski definition) is 2. The lowest BCUT2D eigenvalue weighted by atomic mass is 9.94.